The van der Waals surface area contributed by atoms with Crippen molar-refractivity contribution in [1.82, 2.24) is 9.80 Å². The summed E-state index contributed by atoms with van der Waals surface area (Å²) in [4.78, 5) is 28.4. The Kier molecular flexibility index (Phi) is 4.68. The number of carboxylic acids is 1. The second-order valence-corrected chi connectivity index (χ2v) is 8.27. The van der Waals surface area contributed by atoms with Crippen LogP contribution in [-0.2, 0) is 9.59 Å². The maximum Gasteiger partial charge on any atom is 0.310 e. The second-order valence-electron chi connectivity index (χ2n) is 8.27. The van der Waals surface area contributed by atoms with Gasteiger partial charge >= 0.3 is 5.97 Å². The number of carboxylic acid groups (broad SMARTS) is 1. The zero-order valence-corrected chi connectivity index (χ0v) is 14.5. The normalized spacial score (nSPS) is 35.2. The van der Waals surface area contributed by atoms with Crippen molar-refractivity contribution in [3.63, 3.8) is 0 Å². The largest absolute Gasteiger partial charge is 0.481 e. The van der Waals surface area contributed by atoms with Crippen LogP contribution < -0.4 is 0 Å². The van der Waals surface area contributed by atoms with E-state index < -0.39 is 11.4 Å². The molecular weight excluding hydrogens is 292 g/mol. The fraction of sp³-hybridized carbons (Fsp3) is 0.889. The van der Waals surface area contributed by atoms with Crippen LogP contribution in [0.3, 0.4) is 0 Å². The quantitative estimate of drug-likeness (QED) is 0.844. The Labute approximate surface area is 139 Å². The van der Waals surface area contributed by atoms with Crippen molar-refractivity contribution >= 4 is 11.9 Å². The molecule has 1 aliphatic heterocycles. The number of carbonyl (C=O) groups excluding carboxylic acids is 1. The van der Waals surface area contributed by atoms with Gasteiger partial charge in [-0.1, -0.05) is 6.92 Å². The first kappa shape index (κ1) is 16.7. The summed E-state index contributed by atoms with van der Waals surface area (Å²) in [6.07, 6.45) is 7.64. The van der Waals surface area contributed by atoms with Gasteiger partial charge in [0, 0.05) is 18.6 Å². The van der Waals surface area contributed by atoms with Crippen molar-refractivity contribution in [2.24, 2.45) is 11.3 Å². The van der Waals surface area contributed by atoms with E-state index in [2.05, 4.69) is 11.8 Å². The minimum Gasteiger partial charge on any atom is -0.481 e. The summed E-state index contributed by atoms with van der Waals surface area (Å²) in [7, 11) is 0. The predicted molar refractivity (Wildman–Crippen MR) is 88.1 cm³/mol. The third kappa shape index (κ3) is 3.70. The highest BCUT2D eigenvalue weighted by Gasteiger charge is 2.43. The summed E-state index contributed by atoms with van der Waals surface area (Å²) in [5, 5.41) is 9.34. The van der Waals surface area contributed by atoms with Gasteiger partial charge in [-0.25, -0.2) is 0 Å². The van der Waals surface area contributed by atoms with Gasteiger partial charge in [0.2, 0.25) is 5.91 Å². The molecule has 5 heteroatoms. The third-order valence-electron chi connectivity index (χ3n) is 6.03. The van der Waals surface area contributed by atoms with Crippen LogP contribution in [-0.4, -0.2) is 58.5 Å². The summed E-state index contributed by atoms with van der Waals surface area (Å²) in [6.45, 7) is 5.70. The average Bonchev–Trinajstić information content (AvgIpc) is 3.25. The van der Waals surface area contributed by atoms with E-state index >= 15 is 0 Å². The Bertz CT molecular complexity index is 469. The fourth-order valence-corrected chi connectivity index (χ4v) is 4.22. The van der Waals surface area contributed by atoms with E-state index in [1.165, 1.54) is 12.8 Å². The molecule has 0 spiro atoms. The number of hydrogen-bond acceptors (Lipinski definition) is 3. The van der Waals surface area contributed by atoms with Gasteiger partial charge in [0.25, 0.3) is 0 Å². The van der Waals surface area contributed by atoms with E-state index in [4.69, 9.17) is 0 Å². The molecule has 0 aromatic carbocycles. The molecule has 0 aromatic heterocycles. The van der Waals surface area contributed by atoms with Crippen LogP contribution in [0.4, 0.5) is 0 Å². The summed E-state index contributed by atoms with van der Waals surface area (Å²) >= 11 is 0. The first-order chi connectivity index (χ1) is 10.9. The molecule has 5 nitrogen and oxygen atoms in total. The Hall–Kier alpha value is -1.10. The molecule has 1 heterocycles. The molecule has 130 valence electrons. The van der Waals surface area contributed by atoms with Gasteiger partial charge in [-0.2, -0.15) is 0 Å². The third-order valence-corrected chi connectivity index (χ3v) is 6.03. The van der Waals surface area contributed by atoms with Crippen molar-refractivity contribution in [2.45, 2.75) is 70.9 Å². The van der Waals surface area contributed by atoms with E-state index in [0.717, 1.165) is 38.1 Å². The highest BCUT2D eigenvalue weighted by atomic mass is 16.4. The van der Waals surface area contributed by atoms with E-state index in [-0.39, 0.29) is 5.91 Å². The van der Waals surface area contributed by atoms with E-state index in [1.807, 2.05) is 4.90 Å². The smallest absolute Gasteiger partial charge is 0.310 e. The Balaban J connectivity index is 1.58. The highest BCUT2D eigenvalue weighted by Crippen LogP contribution is 2.36. The Morgan fingerprint density at radius 2 is 1.70 bits per heavy atom. The molecule has 3 fully saturated rings. The zero-order valence-electron chi connectivity index (χ0n) is 14.5. The monoisotopic (exact) mass is 322 g/mol. The molecule has 2 aliphatic carbocycles. The lowest BCUT2D eigenvalue weighted by Crippen LogP contribution is -2.48. The first-order valence-corrected chi connectivity index (χ1v) is 9.16. The summed E-state index contributed by atoms with van der Waals surface area (Å²) < 4.78 is 0. The van der Waals surface area contributed by atoms with Crippen molar-refractivity contribution < 1.29 is 14.7 Å². The topological polar surface area (TPSA) is 60.9 Å². The lowest BCUT2D eigenvalue weighted by molar-refractivity contribution is -0.147. The number of rotatable bonds is 5. The maximum atomic E-state index is 12.9. The molecule has 3 rings (SSSR count). The second kappa shape index (κ2) is 6.42. The van der Waals surface area contributed by atoms with Crippen molar-refractivity contribution in [2.75, 3.05) is 19.6 Å². The van der Waals surface area contributed by atoms with Crippen LogP contribution in [0.25, 0.3) is 0 Å². The standard InChI is InChI=1S/C18H30N2O3/c1-13-3-5-14(6-4-13)20(15-7-8-15)16(21)11-19-10-9-18(2,12-19)17(22)23/h13-15H,3-12H2,1-2H3,(H,22,23). The SMILES string of the molecule is CC1CCC(N(C(=O)CN2CCC(C)(C(=O)O)C2)C2CC2)CC1. The summed E-state index contributed by atoms with van der Waals surface area (Å²) in [6, 6.07) is 0.869. The fourth-order valence-electron chi connectivity index (χ4n) is 4.22. The van der Waals surface area contributed by atoms with E-state index in [0.29, 0.717) is 31.6 Å². The number of hydrogen-bond donors (Lipinski definition) is 1. The van der Waals surface area contributed by atoms with Crippen molar-refractivity contribution in [3.05, 3.63) is 0 Å². The highest BCUT2D eigenvalue weighted by molar-refractivity contribution is 5.80. The van der Waals surface area contributed by atoms with Crippen molar-refractivity contribution in [3.8, 4) is 0 Å². The van der Waals surface area contributed by atoms with Crippen LogP contribution >= 0.6 is 0 Å². The van der Waals surface area contributed by atoms with Crippen LogP contribution in [0.2, 0.25) is 0 Å². The van der Waals surface area contributed by atoms with E-state index in [9.17, 15) is 14.7 Å². The van der Waals surface area contributed by atoms with Crippen molar-refractivity contribution in [1.29, 1.82) is 0 Å². The molecule has 1 saturated heterocycles. The first-order valence-electron chi connectivity index (χ1n) is 9.16. The number of nitrogens with zero attached hydrogens (tertiary/aromatic N) is 2. The molecule has 2 saturated carbocycles. The van der Waals surface area contributed by atoms with Gasteiger partial charge in [0.15, 0.2) is 0 Å². The van der Waals surface area contributed by atoms with Gasteiger partial charge in [0.1, 0.15) is 0 Å². The van der Waals surface area contributed by atoms with E-state index in [1.54, 1.807) is 6.92 Å². The molecule has 3 aliphatic rings. The van der Waals surface area contributed by atoms with Crippen LogP contribution in [0, 0.1) is 11.3 Å². The van der Waals surface area contributed by atoms with Gasteiger partial charge in [-0.15, -0.1) is 0 Å². The summed E-state index contributed by atoms with van der Waals surface area (Å²) in [5.74, 6) is 0.270. The number of amides is 1. The predicted octanol–water partition coefficient (Wildman–Crippen LogP) is 2.35. The molecule has 23 heavy (non-hydrogen) atoms. The van der Waals surface area contributed by atoms with Crippen LogP contribution in [0.1, 0.15) is 58.8 Å². The molecule has 1 unspecified atom stereocenters. The Morgan fingerprint density at radius 3 is 2.17 bits per heavy atom. The number of carbonyl (C=O) groups is 2. The molecule has 0 aromatic rings. The molecular formula is C18H30N2O3. The lowest BCUT2D eigenvalue weighted by atomic mass is 9.86. The summed E-state index contributed by atoms with van der Waals surface area (Å²) in [5.41, 5.74) is -0.690. The Morgan fingerprint density at radius 1 is 1.13 bits per heavy atom. The minimum atomic E-state index is -0.743. The van der Waals surface area contributed by atoms with Gasteiger partial charge in [0.05, 0.1) is 12.0 Å². The van der Waals surface area contributed by atoms with Gasteiger partial charge in [-0.3, -0.25) is 14.5 Å². The van der Waals surface area contributed by atoms with Crippen LogP contribution in [0.15, 0.2) is 0 Å². The van der Waals surface area contributed by atoms with Crippen LogP contribution in [0.5, 0.6) is 0 Å². The number of aliphatic carboxylic acids is 1. The number of likely N-dealkylation sites (tertiary alicyclic amines) is 1. The molecule has 0 radical (unpaired) electrons. The molecule has 0 bridgehead atoms. The molecule has 1 atom stereocenters. The maximum absolute atomic E-state index is 12.9. The zero-order chi connectivity index (χ0) is 16.6. The lowest BCUT2D eigenvalue weighted by Gasteiger charge is -2.37. The molecule has 1 N–H and O–H groups in total. The molecule has 1 amide bonds. The average molecular weight is 322 g/mol. The minimum absolute atomic E-state index is 0.224. The van der Waals surface area contributed by atoms with Gasteiger partial charge < -0.3 is 10.0 Å². The van der Waals surface area contributed by atoms with Gasteiger partial charge in [-0.05, 0) is 64.3 Å².